The van der Waals surface area contributed by atoms with Crippen LogP contribution >= 0.6 is 34.8 Å². The molecule has 0 saturated heterocycles. The summed E-state index contributed by atoms with van der Waals surface area (Å²) in [5.74, 6) is -0.494. The Morgan fingerprint density at radius 1 is 1.08 bits per heavy atom. The van der Waals surface area contributed by atoms with E-state index in [0.29, 0.717) is 16.3 Å². The first kappa shape index (κ1) is 18.5. The molecule has 0 aliphatic heterocycles. The van der Waals surface area contributed by atoms with Gasteiger partial charge < -0.3 is 4.74 Å². The summed E-state index contributed by atoms with van der Waals surface area (Å²) >= 11 is 17.5. The lowest BCUT2D eigenvalue weighted by atomic mass is 10.2. The number of benzene rings is 2. The van der Waals surface area contributed by atoms with E-state index in [2.05, 4.69) is 5.10 Å². The van der Waals surface area contributed by atoms with Gasteiger partial charge in [0.2, 0.25) is 0 Å². The van der Waals surface area contributed by atoms with Gasteiger partial charge in [0.15, 0.2) is 0 Å². The second-order valence-electron chi connectivity index (χ2n) is 5.28. The highest BCUT2D eigenvalue weighted by molar-refractivity contribution is 6.41. The molecule has 0 saturated carbocycles. The van der Waals surface area contributed by atoms with Crippen molar-refractivity contribution in [3.8, 4) is 5.69 Å². The van der Waals surface area contributed by atoms with E-state index in [1.54, 1.807) is 30.3 Å². The van der Waals surface area contributed by atoms with Gasteiger partial charge in [-0.25, -0.2) is 4.79 Å². The zero-order valence-electron chi connectivity index (χ0n) is 13.2. The SMILES string of the molecule is O=C(OCc1cccc(Cl)c1)c1ccc(-n2ncc(Cl)c(Cl)c2=O)cc1. The molecule has 0 amide bonds. The fourth-order valence-corrected chi connectivity index (χ4v) is 2.66. The monoisotopic (exact) mass is 408 g/mol. The first-order valence-corrected chi connectivity index (χ1v) is 8.54. The van der Waals surface area contributed by atoms with Crippen molar-refractivity contribution < 1.29 is 9.53 Å². The molecule has 0 aliphatic rings. The summed E-state index contributed by atoms with van der Waals surface area (Å²) in [4.78, 5) is 24.2. The molecule has 3 rings (SSSR count). The maximum Gasteiger partial charge on any atom is 0.338 e. The lowest BCUT2D eigenvalue weighted by Gasteiger charge is -2.08. The van der Waals surface area contributed by atoms with Crippen LogP contribution in [0.25, 0.3) is 5.69 Å². The van der Waals surface area contributed by atoms with Gasteiger partial charge in [0.25, 0.3) is 5.56 Å². The van der Waals surface area contributed by atoms with E-state index in [1.807, 2.05) is 6.07 Å². The van der Waals surface area contributed by atoms with Crippen molar-refractivity contribution in [2.45, 2.75) is 6.61 Å². The topological polar surface area (TPSA) is 61.2 Å². The highest BCUT2D eigenvalue weighted by Crippen LogP contribution is 2.17. The summed E-state index contributed by atoms with van der Waals surface area (Å²) in [6.07, 6.45) is 1.28. The number of ether oxygens (including phenoxy) is 1. The number of aromatic nitrogens is 2. The van der Waals surface area contributed by atoms with Gasteiger partial charge in [-0.1, -0.05) is 46.9 Å². The summed E-state index contributed by atoms with van der Waals surface area (Å²) in [5.41, 5.74) is 1.02. The third-order valence-corrected chi connectivity index (χ3v) is 4.47. The fraction of sp³-hybridized carbons (Fsp3) is 0.0556. The van der Waals surface area contributed by atoms with Gasteiger partial charge in [0, 0.05) is 5.02 Å². The van der Waals surface area contributed by atoms with Crippen molar-refractivity contribution in [2.24, 2.45) is 0 Å². The molecule has 132 valence electrons. The molecule has 0 N–H and O–H groups in total. The summed E-state index contributed by atoms with van der Waals surface area (Å²) in [5, 5.41) is 4.46. The van der Waals surface area contributed by atoms with Gasteiger partial charge in [-0.05, 0) is 42.0 Å². The molecule has 0 bridgehead atoms. The van der Waals surface area contributed by atoms with Gasteiger partial charge in [-0.3, -0.25) is 4.79 Å². The minimum absolute atomic E-state index is 0.0779. The minimum Gasteiger partial charge on any atom is -0.457 e. The normalized spacial score (nSPS) is 10.6. The lowest BCUT2D eigenvalue weighted by molar-refractivity contribution is 0.0472. The Hall–Kier alpha value is -2.34. The molecule has 2 aromatic carbocycles. The molecule has 5 nitrogen and oxygen atoms in total. The summed E-state index contributed by atoms with van der Waals surface area (Å²) in [6.45, 7) is 0.106. The molecule has 0 spiro atoms. The van der Waals surface area contributed by atoms with Gasteiger partial charge >= 0.3 is 5.97 Å². The molecule has 3 aromatic rings. The largest absolute Gasteiger partial charge is 0.457 e. The number of carbonyl (C=O) groups is 1. The van der Waals surface area contributed by atoms with Crippen LogP contribution < -0.4 is 5.56 Å². The second kappa shape index (κ2) is 7.91. The third kappa shape index (κ3) is 4.07. The van der Waals surface area contributed by atoms with Gasteiger partial charge in [-0.15, -0.1) is 0 Å². The van der Waals surface area contributed by atoms with Crippen LogP contribution in [0.2, 0.25) is 15.1 Å². The first-order valence-electron chi connectivity index (χ1n) is 7.41. The zero-order valence-corrected chi connectivity index (χ0v) is 15.4. The van der Waals surface area contributed by atoms with Gasteiger partial charge in [0.05, 0.1) is 22.5 Å². The lowest BCUT2D eigenvalue weighted by Crippen LogP contribution is -2.21. The molecule has 8 heteroatoms. The Bertz CT molecular complexity index is 1020. The van der Waals surface area contributed by atoms with E-state index >= 15 is 0 Å². The molecule has 1 aromatic heterocycles. The van der Waals surface area contributed by atoms with E-state index in [4.69, 9.17) is 39.5 Å². The van der Waals surface area contributed by atoms with Crippen molar-refractivity contribution in [3.05, 3.63) is 91.3 Å². The van der Waals surface area contributed by atoms with E-state index in [9.17, 15) is 9.59 Å². The number of nitrogens with zero attached hydrogens (tertiary/aromatic N) is 2. The predicted molar refractivity (Wildman–Crippen MR) is 100 cm³/mol. The Morgan fingerprint density at radius 3 is 2.50 bits per heavy atom. The Kier molecular flexibility index (Phi) is 5.61. The maximum atomic E-state index is 12.1. The number of carbonyl (C=O) groups excluding carboxylic acids is 1. The van der Waals surface area contributed by atoms with Crippen molar-refractivity contribution in [2.75, 3.05) is 0 Å². The molecular formula is C18H11Cl3N2O3. The minimum atomic E-state index is -0.546. The van der Waals surface area contributed by atoms with E-state index < -0.39 is 11.5 Å². The van der Waals surface area contributed by atoms with Crippen LogP contribution in [-0.4, -0.2) is 15.7 Å². The maximum absolute atomic E-state index is 12.1. The second-order valence-corrected chi connectivity index (χ2v) is 6.50. The van der Waals surface area contributed by atoms with E-state index in [-0.39, 0.29) is 16.7 Å². The molecule has 0 atom stereocenters. The average molecular weight is 410 g/mol. The third-order valence-electron chi connectivity index (χ3n) is 3.48. The quantitative estimate of drug-likeness (QED) is 0.593. The number of halogens is 3. The zero-order chi connectivity index (χ0) is 18.7. The number of hydrogen-bond acceptors (Lipinski definition) is 4. The molecule has 0 unspecified atom stereocenters. The predicted octanol–water partition coefficient (Wildman–Crippen LogP) is 4.55. The Balaban J connectivity index is 1.74. The van der Waals surface area contributed by atoms with Crippen LogP contribution in [0.15, 0.2) is 59.5 Å². The van der Waals surface area contributed by atoms with E-state index in [1.165, 1.54) is 18.3 Å². The highest BCUT2D eigenvalue weighted by Gasteiger charge is 2.11. The van der Waals surface area contributed by atoms with Crippen LogP contribution in [0.1, 0.15) is 15.9 Å². The number of rotatable bonds is 4. The van der Waals surface area contributed by atoms with Crippen LogP contribution in [-0.2, 0) is 11.3 Å². The number of esters is 1. The smallest absolute Gasteiger partial charge is 0.338 e. The van der Waals surface area contributed by atoms with E-state index in [0.717, 1.165) is 10.2 Å². The molecule has 1 heterocycles. The highest BCUT2D eigenvalue weighted by atomic mass is 35.5. The van der Waals surface area contributed by atoms with Crippen molar-refractivity contribution in [1.29, 1.82) is 0 Å². The van der Waals surface area contributed by atoms with Crippen LogP contribution in [0.3, 0.4) is 0 Å². The molecule has 0 aliphatic carbocycles. The Labute approximate surface area is 163 Å². The van der Waals surface area contributed by atoms with Crippen LogP contribution in [0.5, 0.6) is 0 Å². The standard InChI is InChI=1S/C18H11Cl3N2O3/c19-13-3-1-2-11(8-13)10-26-18(25)12-4-6-14(7-5-12)23-17(24)16(21)15(20)9-22-23/h1-9H,10H2. The van der Waals surface area contributed by atoms with Gasteiger partial charge in [0.1, 0.15) is 11.6 Å². The number of hydrogen-bond donors (Lipinski definition) is 0. The van der Waals surface area contributed by atoms with Gasteiger partial charge in [-0.2, -0.15) is 9.78 Å². The molecule has 0 radical (unpaired) electrons. The molecule has 26 heavy (non-hydrogen) atoms. The summed E-state index contributed by atoms with van der Waals surface area (Å²) < 4.78 is 6.35. The van der Waals surface area contributed by atoms with Crippen LogP contribution in [0, 0.1) is 0 Å². The first-order chi connectivity index (χ1) is 12.5. The molecular weight excluding hydrogens is 399 g/mol. The van der Waals surface area contributed by atoms with Crippen molar-refractivity contribution in [1.82, 2.24) is 9.78 Å². The molecule has 0 fully saturated rings. The summed E-state index contributed by atoms with van der Waals surface area (Å²) in [7, 11) is 0. The van der Waals surface area contributed by atoms with Crippen LogP contribution in [0.4, 0.5) is 0 Å². The summed E-state index contributed by atoms with van der Waals surface area (Å²) in [6, 6.07) is 13.2. The Morgan fingerprint density at radius 2 is 1.81 bits per heavy atom. The fourth-order valence-electron chi connectivity index (χ4n) is 2.19. The average Bonchev–Trinajstić information content (AvgIpc) is 2.65. The van der Waals surface area contributed by atoms with Crippen molar-refractivity contribution >= 4 is 40.8 Å². The van der Waals surface area contributed by atoms with Crippen molar-refractivity contribution in [3.63, 3.8) is 0 Å².